The van der Waals surface area contributed by atoms with Gasteiger partial charge in [0.05, 0.1) is 0 Å². The first-order valence-electron chi connectivity index (χ1n) is 4.80. The zero-order valence-electron chi connectivity index (χ0n) is 9.18. The molecule has 0 saturated heterocycles. The second kappa shape index (κ2) is 5.99. The Kier molecular flexibility index (Phi) is 4.61. The topological polar surface area (TPSA) is 51.6 Å². The molecule has 0 fully saturated rings. The Morgan fingerprint density at radius 1 is 1.35 bits per heavy atom. The molecule has 4 nitrogen and oxygen atoms in total. The van der Waals surface area contributed by atoms with E-state index >= 15 is 0 Å². The lowest BCUT2D eigenvalue weighted by Crippen LogP contribution is -1.89. The summed E-state index contributed by atoms with van der Waals surface area (Å²) in [6, 6.07) is 1.74. The van der Waals surface area contributed by atoms with Gasteiger partial charge in [-0.15, -0.1) is 0 Å². The van der Waals surface area contributed by atoms with E-state index in [1.165, 1.54) is 35.1 Å². The van der Waals surface area contributed by atoms with Gasteiger partial charge < -0.3 is 0 Å². The predicted molar refractivity (Wildman–Crippen MR) is 72.2 cm³/mol. The number of rotatable bonds is 4. The fourth-order valence-corrected chi connectivity index (χ4v) is 3.42. The van der Waals surface area contributed by atoms with Gasteiger partial charge in [0.1, 0.15) is 16.0 Å². The van der Waals surface area contributed by atoms with E-state index in [9.17, 15) is 0 Å². The van der Waals surface area contributed by atoms with Crippen molar-refractivity contribution in [2.45, 2.75) is 27.9 Å². The van der Waals surface area contributed by atoms with Crippen LogP contribution in [-0.2, 0) is 6.42 Å². The van der Waals surface area contributed by atoms with Crippen molar-refractivity contribution in [2.75, 3.05) is 6.26 Å². The molecule has 2 aromatic heterocycles. The average molecular weight is 305 g/mol. The van der Waals surface area contributed by atoms with Crippen LogP contribution in [0.25, 0.3) is 0 Å². The molecular formula is C9H9ClN4S3. The molecule has 0 radical (unpaired) electrons. The third-order valence-electron chi connectivity index (χ3n) is 1.79. The van der Waals surface area contributed by atoms with Gasteiger partial charge in [-0.3, -0.25) is 0 Å². The first-order valence-corrected chi connectivity index (χ1v) is 7.99. The average Bonchev–Trinajstić information content (AvgIpc) is 2.76. The van der Waals surface area contributed by atoms with E-state index in [2.05, 4.69) is 19.3 Å². The smallest absolute Gasteiger partial charge is 0.189 e. The molecule has 0 unspecified atom stereocenters. The van der Waals surface area contributed by atoms with Crippen LogP contribution in [0, 0.1) is 0 Å². The van der Waals surface area contributed by atoms with Crippen molar-refractivity contribution >= 4 is 46.7 Å². The molecule has 0 aliphatic rings. The predicted octanol–water partition coefficient (Wildman–Crippen LogP) is 3.42. The molecule has 0 aliphatic heterocycles. The van der Waals surface area contributed by atoms with Gasteiger partial charge in [0.25, 0.3) is 0 Å². The van der Waals surface area contributed by atoms with Gasteiger partial charge in [0.15, 0.2) is 9.50 Å². The summed E-state index contributed by atoms with van der Waals surface area (Å²) < 4.78 is 5.10. The molecule has 17 heavy (non-hydrogen) atoms. The van der Waals surface area contributed by atoms with Crippen molar-refractivity contribution in [2.24, 2.45) is 0 Å². The van der Waals surface area contributed by atoms with E-state index in [0.29, 0.717) is 10.3 Å². The maximum Gasteiger partial charge on any atom is 0.189 e. The fourth-order valence-electron chi connectivity index (χ4n) is 1.03. The fraction of sp³-hybridized carbons (Fsp3) is 0.333. The zero-order valence-corrected chi connectivity index (χ0v) is 12.4. The van der Waals surface area contributed by atoms with Crippen LogP contribution in [0.5, 0.6) is 0 Å². The molecule has 0 amide bonds. The molecular weight excluding hydrogens is 296 g/mol. The maximum absolute atomic E-state index is 5.92. The highest BCUT2D eigenvalue weighted by Gasteiger charge is 2.08. The molecule has 90 valence electrons. The lowest BCUT2D eigenvalue weighted by molar-refractivity contribution is 0.892. The molecule has 2 aromatic rings. The number of hydrogen-bond acceptors (Lipinski definition) is 7. The first-order chi connectivity index (χ1) is 8.21. The Balaban J connectivity index is 2.20. The van der Waals surface area contributed by atoms with E-state index in [-0.39, 0.29) is 0 Å². The molecule has 0 bridgehead atoms. The van der Waals surface area contributed by atoms with Crippen LogP contribution >= 0.6 is 46.7 Å². The Hall–Kier alpha value is -0.370. The monoisotopic (exact) mass is 304 g/mol. The zero-order chi connectivity index (χ0) is 12.3. The van der Waals surface area contributed by atoms with Gasteiger partial charge in [-0.2, -0.15) is 4.37 Å². The number of halogens is 1. The van der Waals surface area contributed by atoms with E-state index in [4.69, 9.17) is 11.6 Å². The van der Waals surface area contributed by atoms with Gasteiger partial charge in [0.2, 0.25) is 0 Å². The van der Waals surface area contributed by atoms with Crippen molar-refractivity contribution in [3.05, 3.63) is 17.0 Å². The van der Waals surface area contributed by atoms with Crippen LogP contribution in [0.2, 0.25) is 5.15 Å². The normalized spacial score (nSPS) is 10.8. The molecule has 0 atom stereocenters. The third-order valence-corrected chi connectivity index (χ3v) is 4.24. The number of aryl methyl sites for hydroxylation is 1. The van der Waals surface area contributed by atoms with Gasteiger partial charge in [-0.1, -0.05) is 30.3 Å². The van der Waals surface area contributed by atoms with Crippen molar-refractivity contribution < 1.29 is 0 Å². The molecule has 0 aromatic carbocycles. The minimum absolute atomic E-state index is 0.451. The summed E-state index contributed by atoms with van der Waals surface area (Å²) in [5, 5.41) is 1.92. The maximum atomic E-state index is 5.92. The van der Waals surface area contributed by atoms with Gasteiger partial charge in [-0.25, -0.2) is 15.0 Å². The van der Waals surface area contributed by atoms with Gasteiger partial charge in [0, 0.05) is 12.5 Å². The molecule has 2 rings (SSSR count). The van der Waals surface area contributed by atoms with Crippen molar-refractivity contribution in [3.63, 3.8) is 0 Å². The van der Waals surface area contributed by atoms with Crippen LogP contribution in [0.15, 0.2) is 20.6 Å². The summed E-state index contributed by atoms with van der Waals surface area (Å²) in [5.74, 6) is 0.864. The molecule has 0 aliphatic carbocycles. The van der Waals surface area contributed by atoms with E-state index < -0.39 is 0 Å². The summed E-state index contributed by atoms with van der Waals surface area (Å²) in [7, 11) is 0. The van der Waals surface area contributed by atoms with Crippen molar-refractivity contribution in [1.29, 1.82) is 0 Å². The number of nitrogens with zero attached hydrogens (tertiary/aromatic N) is 4. The van der Waals surface area contributed by atoms with E-state index in [1.807, 2.05) is 13.2 Å². The molecule has 0 N–H and O–H groups in total. The van der Waals surface area contributed by atoms with Crippen LogP contribution in [0.1, 0.15) is 12.7 Å². The molecule has 0 spiro atoms. The third kappa shape index (κ3) is 3.54. The summed E-state index contributed by atoms with van der Waals surface area (Å²) in [4.78, 5) is 12.8. The number of thioether (sulfide) groups is 1. The van der Waals surface area contributed by atoms with E-state index in [1.54, 1.807) is 6.07 Å². The summed E-state index contributed by atoms with van der Waals surface area (Å²) in [5.41, 5.74) is 0. The summed E-state index contributed by atoms with van der Waals surface area (Å²) in [6.07, 6.45) is 2.76. The van der Waals surface area contributed by atoms with Crippen LogP contribution in [0.4, 0.5) is 0 Å². The summed E-state index contributed by atoms with van der Waals surface area (Å²) in [6.45, 7) is 2.03. The Bertz CT molecular complexity index is 517. The quantitative estimate of drug-likeness (QED) is 0.490. The minimum atomic E-state index is 0.451. The first kappa shape index (κ1) is 13.1. The second-order valence-electron chi connectivity index (χ2n) is 2.95. The Morgan fingerprint density at radius 3 is 2.82 bits per heavy atom. The van der Waals surface area contributed by atoms with Crippen LogP contribution in [0.3, 0.4) is 0 Å². The van der Waals surface area contributed by atoms with Crippen LogP contribution < -0.4 is 0 Å². The van der Waals surface area contributed by atoms with E-state index in [0.717, 1.165) is 21.6 Å². The lowest BCUT2D eigenvalue weighted by atomic mass is 10.5. The lowest BCUT2D eigenvalue weighted by Gasteiger charge is -2.00. The molecule has 8 heteroatoms. The Morgan fingerprint density at radius 2 is 2.18 bits per heavy atom. The number of hydrogen-bond donors (Lipinski definition) is 0. The van der Waals surface area contributed by atoms with Gasteiger partial charge >= 0.3 is 0 Å². The van der Waals surface area contributed by atoms with Gasteiger partial charge in [-0.05, 0) is 29.6 Å². The highest BCUT2D eigenvalue weighted by Crippen LogP contribution is 2.29. The Labute approximate surface area is 117 Å². The SMILES string of the molecule is CCc1nsc(Sc2cc(Cl)nc(SC)n2)n1. The number of aromatic nitrogens is 4. The second-order valence-corrected chi connectivity index (χ2v) is 6.13. The largest absolute Gasteiger partial charge is 0.216 e. The summed E-state index contributed by atoms with van der Waals surface area (Å²) >= 11 is 10.2. The molecule has 0 saturated carbocycles. The minimum Gasteiger partial charge on any atom is -0.216 e. The standard InChI is InChI=1S/C9H9ClN4S3/c1-3-6-12-9(17-14-6)16-7-4-5(10)11-8(13-7)15-2/h4H,3H2,1-2H3. The van der Waals surface area contributed by atoms with Crippen LogP contribution in [-0.4, -0.2) is 25.6 Å². The van der Waals surface area contributed by atoms with Crippen molar-refractivity contribution in [3.8, 4) is 0 Å². The highest BCUT2D eigenvalue weighted by molar-refractivity contribution is 8.01. The highest BCUT2D eigenvalue weighted by atomic mass is 35.5. The van der Waals surface area contributed by atoms with Crippen molar-refractivity contribution in [1.82, 2.24) is 19.3 Å². The molecule has 2 heterocycles.